The second kappa shape index (κ2) is 40.9. The summed E-state index contributed by atoms with van der Waals surface area (Å²) in [6.07, 6.45) is 45.6. The first-order valence-electron chi connectivity index (χ1n) is 20.4. The van der Waals surface area contributed by atoms with Crippen molar-refractivity contribution in [3.63, 3.8) is 0 Å². The van der Waals surface area contributed by atoms with Gasteiger partial charge in [0.1, 0.15) is 12.6 Å². The molecule has 0 aromatic heterocycles. The summed E-state index contributed by atoms with van der Waals surface area (Å²) in [5.74, 6) is 0. The lowest BCUT2D eigenvalue weighted by Crippen LogP contribution is -2.25. The standard InChI is InChI=1S/C42H78O5/c1-3-5-7-33-39-45-41(35-29-25-21-17-13-9-11-15-19-23-27-31-37-43)47-42(46-40-34-8-6-4-2)36-30-26-22-18-14-10-12-16-20-24-28-32-38-44/h29-30,35-38,41-42H,3-28,31-34,39-40H2,1-2H3. The lowest BCUT2D eigenvalue weighted by atomic mass is 10.1. The van der Waals surface area contributed by atoms with E-state index in [4.69, 9.17) is 14.2 Å². The topological polar surface area (TPSA) is 61.8 Å². The summed E-state index contributed by atoms with van der Waals surface area (Å²) in [7, 11) is 0. The number of allylic oxidation sites excluding steroid dienone is 2. The van der Waals surface area contributed by atoms with Gasteiger partial charge in [0.25, 0.3) is 0 Å². The lowest BCUT2D eigenvalue weighted by Gasteiger charge is -2.22. The summed E-state index contributed by atoms with van der Waals surface area (Å²) in [6.45, 7) is 5.92. The van der Waals surface area contributed by atoms with Gasteiger partial charge in [-0.1, -0.05) is 154 Å². The van der Waals surface area contributed by atoms with Crippen LogP contribution in [0.25, 0.3) is 0 Å². The number of ether oxygens (including phenoxy) is 3. The number of aldehydes is 2. The smallest absolute Gasteiger partial charge is 0.180 e. The van der Waals surface area contributed by atoms with Gasteiger partial charge in [0.2, 0.25) is 0 Å². The largest absolute Gasteiger partial charge is 0.349 e. The highest BCUT2D eigenvalue weighted by Crippen LogP contribution is 2.15. The van der Waals surface area contributed by atoms with Gasteiger partial charge in [0.05, 0.1) is 13.2 Å². The van der Waals surface area contributed by atoms with Gasteiger partial charge in [-0.2, -0.15) is 0 Å². The minimum absolute atomic E-state index is 0.375. The molecule has 0 N–H and O–H groups in total. The Morgan fingerprint density at radius 1 is 0.383 bits per heavy atom. The van der Waals surface area contributed by atoms with Crippen LogP contribution in [0.5, 0.6) is 0 Å². The molecule has 0 aliphatic rings. The molecule has 0 rings (SSSR count). The maximum atomic E-state index is 10.4. The van der Waals surface area contributed by atoms with Gasteiger partial charge < -0.3 is 23.8 Å². The van der Waals surface area contributed by atoms with E-state index in [1.54, 1.807) is 0 Å². The Morgan fingerprint density at radius 2 is 0.681 bits per heavy atom. The van der Waals surface area contributed by atoms with E-state index in [0.29, 0.717) is 0 Å². The summed E-state index contributed by atoms with van der Waals surface area (Å²) >= 11 is 0. The van der Waals surface area contributed by atoms with E-state index in [-0.39, 0.29) is 12.6 Å². The van der Waals surface area contributed by atoms with Crippen LogP contribution in [0.1, 0.15) is 206 Å². The zero-order chi connectivity index (χ0) is 34.1. The molecule has 0 fully saturated rings. The monoisotopic (exact) mass is 663 g/mol. The molecule has 0 spiro atoms. The predicted molar refractivity (Wildman–Crippen MR) is 201 cm³/mol. The van der Waals surface area contributed by atoms with Crippen molar-refractivity contribution >= 4 is 12.6 Å². The van der Waals surface area contributed by atoms with E-state index in [9.17, 15) is 9.59 Å². The molecule has 0 bridgehead atoms. The molecule has 5 heteroatoms. The van der Waals surface area contributed by atoms with Crippen molar-refractivity contribution in [3.8, 4) is 0 Å². The summed E-state index contributed by atoms with van der Waals surface area (Å²) in [5, 5.41) is 0. The van der Waals surface area contributed by atoms with Crippen LogP contribution in [0.2, 0.25) is 0 Å². The molecule has 0 aromatic carbocycles. The fraction of sp³-hybridized carbons (Fsp3) is 0.857. The van der Waals surface area contributed by atoms with Gasteiger partial charge in [0.15, 0.2) is 12.6 Å². The minimum atomic E-state index is -0.375. The summed E-state index contributed by atoms with van der Waals surface area (Å²) < 4.78 is 18.9. The molecule has 0 saturated heterocycles. The second-order valence-corrected chi connectivity index (χ2v) is 13.4. The van der Waals surface area contributed by atoms with E-state index < -0.39 is 0 Å². The third-order valence-electron chi connectivity index (χ3n) is 8.80. The van der Waals surface area contributed by atoms with Crippen molar-refractivity contribution in [1.29, 1.82) is 0 Å². The van der Waals surface area contributed by atoms with Gasteiger partial charge in [-0.15, -0.1) is 0 Å². The first kappa shape index (κ1) is 45.7. The van der Waals surface area contributed by atoms with Crippen molar-refractivity contribution in [3.05, 3.63) is 24.3 Å². The van der Waals surface area contributed by atoms with Crippen LogP contribution < -0.4 is 0 Å². The van der Waals surface area contributed by atoms with Crippen LogP contribution in [-0.4, -0.2) is 38.4 Å². The van der Waals surface area contributed by atoms with Gasteiger partial charge in [-0.05, 0) is 63.5 Å². The SMILES string of the molecule is CCCCCCOC(C=CCCCCCCCCCCCC=O)OC(C=CCCCCCCCCCCCC=O)OCCCCCC. The van der Waals surface area contributed by atoms with E-state index in [1.165, 1.54) is 141 Å². The average molecular weight is 663 g/mol. The highest BCUT2D eigenvalue weighted by molar-refractivity contribution is 5.49. The van der Waals surface area contributed by atoms with E-state index >= 15 is 0 Å². The van der Waals surface area contributed by atoms with Crippen LogP contribution >= 0.6 is 0 Å². The molecule has 0 heterocycles. The highest BCUT2D eigenvalue weighted by Gasteiger charge is 2.13. The van der Waals surface area contributed by atoms with Crippen LogP contribution in [0.4, 0.5) is 0 Å². The molecule has 0 aliphatic carbocycles. The number of unbranched alkanes of at least 4 members (excludes halogenated alkanes) is 26. The van der Waals surface area contributed by atoms with Crippen LogP contribution in [-0.2, 0) is 23.8 Å². The molecule has 2 unspecified atom stereocenters. The molecule has 47 heavy (non-hydrogen) atoms. The summed E-state index contributed by atoms with van der Waals surface area (Å²) in [4.78, 5) is 20.8. The molecule has 0 aromatic rings. The molecule has 0 amide bonds. The maximum absolute atomic E-state index is 10.4. The van der Waals surface area contributed by atoms with Gasteiger partial charge >= 0.3 is 0 Å². The predicted octanol–water partition coefficient (Wildman–Crippen LogP) is 12.9. The zero-order valence-electron chi connectivity index (χ0n) is 31.3. The Morgan fingerprint density at radius 3 is 1.00 bits per heavy atom. The molecule has 2 atom stereocenters. The van der Waals surface area contributed by atoms with Gasteiger partial charge in [-0.3, -0.25) is 0 Å². The van der Waals surface area contributed by atoms with Crippen molar-refractivity contribution in [2.24, 2.45) is 0 Å². The van der Waals surface area contributed by atoms with Crippen molar-refractivity contribution in [1.82, 2.24) is 0 Å². The molecule has 276 valence electrons. The first-order valence-corrected chi connectivity index (χ1v) is 20.4. The van der Waals surface area contributed by atoms with Gasteiger partial charge in [-0.25, -0.2) is 0 Å². The number of hydrogen-bond donors (Lipinski definition) is 0. The van der Waals surface area contributed by atoms with Crippen LogP contribution in [0.3, 0.4) is 0 Å². The number of hydrogen-bond acceptors (Lipinski definition) is 5. The maximum Gasteiger partial charge on any atom is 0.180 e. The quantitative estimate of drug-likeness (QED) is 0.0283. The van der Waals surface area contributed by atoms with Crippen molar-refractivity contribution in [2.45, 2.75) is 219 Å². The Bertz CT molecular complexity index is 620. The Kier molecular flexibility index (Phi) is 39.7. The molecule has 5 nitrogen and oxygen atoms in total. The Balaban J connectivity index is 4.61. The summed E-state index contributed by atoms with van der Waals surface area (Å²) in [6, 6.07) is 0. The normalized spacial score (nSPS) is 13.1. The lowest BCUT2D eigenvalue weighted by molar-refractivity contribution is -0.208. The fourth-order valence-electron chi connectivity index (χ4n) is 5.74. The van der Waals surface area contributed by atoms with Crippen molar-refractivity contribution in [2.75, 3.05) is 13.2 Å². The minimum Gasteiger partial charge on any atom is -0.349 e. The molecule has 0 aliphatic heterocycles. The fourth-order valence-corrected chi connectivity index (χ4v) is 5.74. The van der Waals surface area contributed by atoms with Crippen molar-refractivity contribution < 1.29 is 23.8 Å². The number of rotatable bonds is 40. The summed E-state index contributed by atoms with van der Waals surface area (Å²) in [5.41, 5.74) is 0. The Hall–Kier alpha value is -1.30. The number of carbonyl (C=O) groups excluding carboxylic acids is 2. The molecular weight excluding hydrogens is 584 g/mol. The molecular formula is C42H78O5. The molecule has 0 radical (unpaired) electrons. The zero-order valence-corrected chi connectivity index (χ0v) is 31.3. The second-order valence-electron chi connectivity index (χ2n) is 13.4. The number of carbonyl (C=O) groups is 2. The van der Waals surface area contributed by atoms with E-state index in [0.717, 1.165) is 77.2 Å². The third-order valence-corrected chi connectivity index (χ3v) is 8.80. The third kappa shape index (κ3) is 37.4. The van der Waals surface area contributed by atoms with Crippen LogP contribution in [0, 0.1) is 0 Å². The molecule has 0 saturated carbocycles. The Labute approximate surface area is 292 Å². The first-order chi connectivity index (χ1) is 23.3. The van der Waals surface area contributed by atoms with Gasteiger partial charge in [0, 0.05) is 12.8 Å². The highest BCUT2D eigenvalue weighted by atomic mass is 16.8. The van der Waals surface area contributed by atoms with Crippen LogP contribution in [0.15, 0.2) is 24.3 Å². The van der Waals surface area contributed by atoms with E-state index in [1.807, 2.05) is 0 Å². The average Bonchev–Trinajstić information content (AvgIpc) is 3.08. The van der Waals surface area contributed by atoms with E-state index in [2.05, 4.69) is 38.2 Å².